The van der Waals surface area contributed by atoms with E-state index in [1.807, 2.05) is 30.5 Å². The van der Waals surface area contributed by atoms with Gasteiger partial charge in [-0.05, 0) is 19.1 Å². The predicted octanol–water partition coefficient (Wildman–Crippen LogP) is 4.78. The van der Waals surface area contributed by atoms with Gasteiger partial charge >= 0.3 is 5.97 Å². The van der Waals surface area contributed by atoms with E-state index in [4.69, 9.17) is 4.74 Å². The number of Topliss-reactive ketones (excluding diaryl/α,β-unsaturated/α-hetero) is 1. The van der Waals surface area contributed by atoms with Gasteiger partial charge in [0.1, 0.15) is 0 Å². The fourth-order valence-electron chi connectivity index (χ4n) is 2.30. The molecule has 0 saturated heterocycles. The number of ketones is 1. The Hall–Kier alpha value is -2.44. The SMILES string of the molecule is Cc1nc(CSc2ccccc2C(=O)OCC(=O)c2ccccc2)cs1. The molecule has 0 saturated carbocycles. The smallest absolute Gasteiger partial charge is 0.339 e. The van der Waals surface area contributed by atoms with E-state index in [0.717, 1.165) is 15.6 Å². The van der Waals surface area contributed by atoms with Crippen LogP contribution in [-0.4, -0.2) is 23.3 Å². The standard InChI is InChI=1S/C20H17NO3S2/c1-14-21-16(12-25-14)13-26-19-10-6-5-9-17(19)20(23)24-11-18(22)15-7-3-2-4-8-15/h2-10,12H,11,13H2,1H3. The first-order valence-electron chi connectivity index (χ1n) is 8.01. The topological polar surface area (TPSA) is 56.3 Å². The Kier molecular flexibility index (Phi) is 6.20. The number of nitrogens with zero attached hydrogens (tertiary/aromatic N) is 1. The number of hydrogen-bond donors (Lipinski definition) is 0. The van der Waals surface area contributed by atoms with Crippen LogP contribution in [0.3, 0.4) is 0 Å². The summed E-state index contributed by atoms with van der Waals surface area (Å²) in [5.41, 5.74) is 1.98. The van der Waals surface area contributed by atoms with Crippen molar-refractivity contribution >= 4 is 34.9 Å². The van der Waals surface area contributed by atoms with Crippen molar-refractivity contribution in [2.75, 3.05) is 6.61 Å². The number of ether oxygens (including phenoxy) is 1. The molecule has 0 spiro atoms. The summed E-state index contributed by atoms with van der Waals surface area (Å²) in [6.45, 7) is 1.70. The maximum Gasteiger partial charge on any atom is 0.339 e. The van der Waals surface area contributed by atoms with Crippen LogP contribution in [0.25, 0.3) is 0 Å². The normalized spacial score (nSPS) is 10.5. The minimum Gasteiger partial charge on any atom is -0.454 e. The summed E-state index contributed by atoms with van der Waals surface area (Å²) >= 11 is 3.14. The van der Waals surface area contributed by atoms with Crippen LogP contribution in [0, 0.1) is 6.92 Å². The number of carbonyl (C=O) groups excluding carboxylic acids is 2. The predicted molar refractivity (Wildman–Crippen MR) is 104 cm³/mol. The van der Waals surface area contributed by atoms with Crippen molar-refractivity contribution < 1.29 is 14.3 Å². The molecule has 3 rings (SSSR count). The van der Waals surface area contributed by atoms with Crippen LogP contribution in [0.2, 0.25) is 0 Å². The molecule has 0 unspecified atom stereocenters. The number of thioether (sulfide) groups is 1. The third-order valence-electron chi connectivity index (χ3n) is 3.58. The summed E-state index contributed by atoms with van der Waals surface area (Å²) in [7, 11) is 0. The Labute approximate surface area is 160 Å². The van der Waals surface area contributed by atoms with Gasteiger partial charge in [-0.15, -0.1) is 23.1 Å². The summed E-state index contributed by atoms with van der Waals surface area (Å²) in [4.78, 5) is 29.7. The van der Waals surface area contributed by atoms with E-state index in [1.54, 1.807) is 47.7 Å². The van der Waals surface area contributed by atoms with Crippen molar-refractivity contribution in [1.29, 1.82) is 0 Å². The van der Waals surface area contributed by atoms with E-state index >= 15 is 0 Å². The molecule has 0 N–H and O–H groups in total. The molecule has 0 amide bonds. The highest BCUT2D eigenvalue weighted by molar-refractivity contribution is 7.98. The Morgan fingerprint density at radius 1 is 1.08 bits per heavy atom. The molecule has 0 fully saturated rings. The van der Waals surface area contributed by atoms with E-state index in [1.165, 1.54) is 11.8 Å². The molecule has 26 heavy (non-hydrogen) atoms. The van der Waals surface area contributed by atoms with Crippen LogP contribution in [0.15, 0.2) is 64.9 Å². The first kappa shape index (κ1) is 18.4. The van der Waals surface area contributed by atoms with Gasteiger partial charge in [0.05, 0.1) is 16.3 Å². The van der Waals surface area contributed by atoms with Gasteiger partial charge in [-0.2, -0.15) is 0 Å². The van der Waals surface area contributed by atoms with Gasteiger partial charge in [-0.25, -0.2) is 9.78 Å². The van der Waals surface area contributed by atoms with Crippen molar-refractivity contribution in [3.05, 3.63) is 81.8 Å². The maximum atomic E-state index is 12.4. The molecule has 0 aliphatic rings. The van der Waals surface area contributed by atoms with Gasteiger partial charge in [0.25, 0.3) is 0 Å². The lowest BCUT2D eigenvalue weighted by Crippen LogP contribution is -2.14. The van der Waals surface area contributed by atoms with Crippen molar-refractivity contribution in [2.24, 2.45) is 0 Å². The van der Waals surface area contributed by atoms with Gasteiger partial charge in [-0.3, -0.25) is 4.79 Å². The van der Waals surface area contributed by atoms with Crippen LogP contribution in [-0.2, 0) is 10.5 Å². The molecule has 1 heterocycles. The van der Waals surface area contributed by atoms with Crippen molar-refractivity contribution in [2.45, 2.75) is 17.6 Å². The van der Waals surface area contributed by atoms with Gasteiger partial charge in [0, 0.05) is 21.6 Å². The molecule has 6 heteroatoms. The molecule has 0 aliphatic heterocycles. The number of thiazole rings is 1. The molecule has 0 bridgehead atoms. The van der Waals surface area contributed by atoms with Gasteiger partial charge in [0.2, 0.25) is 0 Å². The molecule has 1 aromatic heterocycles. The van der Waals surface area contributed by atoms with Gasteiger partial charge in [-0.1, -0.05) is 42.5 Å². The first-order valence-corrected chi connectivity index (χ1v) is 9.88. The second-order valence-corrected chi connectivity index (χ2v) is 7.59. The fourth-order valence-corrected chi connectivity index (χ4v) is 3.95. The number of aromatic nitrogens is 1. The minimum absolute atomic E-state index is 0.220. The number of benzene rings is 2. The van der Waals surface area contributed by atoms with E-state index in [2.05, 4.69) is 4.98 Å². The molecule has 0 radical (unpaired) electrons. The lowest BCUT2D eigenvalue weighted by atomic mass is 10.1. The Morgan fingerprint density at radius 2 is 1.81 bits per heavy atom. The lowest BCUT2D eigenvalue weighted by Gasteiger charge is -2.08. The molecule has 4 nitrogen and oxygen atoms in total. The van der Waals surface area contributed by atoms with Crippen LogP contribution in [0.4, 0.5) is 0 Å². The number of carbonyl (C=O) groups is 2. The number of hydrogen-bond acceptors (Lipinski definition) is 6. The maximum absolute atomic E-state index is 12.4. The average Bonchev–Trinajstić information content (AvgIpc) is 3.10. The zero-order chi connectivity index (χ0) is 18.4. The van der Waals surface area contributed by atoms with Gasteiger partial charge in [0.15, 0.2) is 12.4 Å². The number of rotatable bonds is 7. The quantitative estimate of drug-likeness (QED) is 0.334. The summed E-state index contributed by atoms with van der Waals surface area (Å²) < 4.78 is 5.23. The average molecular weight is 383 g/mol. The third kappa shape index (κ3) is 4.80. The summed E-state index contributed by atoms with van der Waals surface area (Å²) in [5.74, 6) is -0.0359. The molecule has 132 valence electrons. The van der Waals surface area contributed by atoms with Crippen molar-refractivity contribution in [3.8, 4) is 0 Å². The van der Waals surface area contributed by atoms with Crippen LogP contribution < -0.4 is 0 Å². The zero-order valence-corrected chi connectivity index (χ0v) is 15.8. The van der Waals surface area contributed by atoms with E-state index in [9.17, 15) is 9.59 Å². The third-order valence-corrected chi connectivity index (χ3v) is 5.51. The van der Waals surface area contributed by atoms with Gasteiger partial charge < -0.3 is 4.74 Å². The minimum atomic E-state index is -0.494. The van der Waals surface area contributed by atoms with Crippen molar-refractivity contribution in [1.82, 2.24) is 4.98 Å². The van der Waals surface area contributed by atoms with Crippen LogP contribution >= 0.6 is 23.1 Å². The van der Waals surface area contributed by atoms with E-state index < -0.39 is 5.97 Å². The van der Waals surface area contributed by atoms with E-state index in [0.29, 0.717) is 16.9 Å². The molecular weight excluding hydrogens is 366 g/mol. The summed E-state index contributed by atoms with van der Waals surface area (Å²) in [6.07, 6.45) is 0. The summed E-state index contributed by atoms with van der Waals surface area (Å²) in [6, 6.07) is 16.0. The van der Waals surface area contributed by atoms with E-state index in [-0.39, 0.29) is 12.4 Å². The monoisotopic (exact) mass is 383 g/mol. The molecule has 0 atom stereocenters. The molecule has 3 aromatic rings. The van der Waals surface area contributed by atoms with Crippen molar-refractivity contribution in [3.63, 3.8) is 0 Å². The largest absolute Gasteiger partial charge is 0.454 e. The molecule has 0 aliphatic carbocycles. The van der Waals surface area contributed by atoms with Crippen LogP contribution in [0.5, 0.6) is 0 Å². The fraction of sp³-hybridized carbons (Fsp3) is 0.150. The zero-order valence-electron chi connectivity index (χ0n) is 14.2. The number of aryl methyl sites for hydroxylation is 1. The molecular formula is C20H17NO3S2. The second kappa shape index (κ2) is 8.78. The highest BCUT2D eigenvalue weighted by atomic mass is 32.2. The Bertz CT molecular complexity index is 906. The summed E-state index contributed by atoms with van der Waals surface area (Å²) in [5, 5.41) is 3.04. The number of esters is 1. The Morgan fingerprint density at radius 3 is 2.54 bits per heavy atom. The lowest BCUT2D eigenvalue weighted by molar-refractivity contribution is 0.0471. The second-order valence-electron chi connectivity index (χ2n) is 5.51. The van der Waals surface area contributed by atoms with Crippen LogP contribution in [0.1, 0.15) is 31.4 Å². The highest BCUT2D eigenvalue weighted by Crippen LogP contribution is 2.27. The highest BCUT2D eigenvalue weighted by Gasteiger charge is 2.15. The first-order chi connectivity index (χ1) is 12.6. The molecule has 2 aromatic carbocycles. The Balaban J connectivity index is 1.63.